The summed E-state index contributed by atoms with van der Waals surface area (Å²) in [4.78, 5) is 24.3. The average Bonchev–Trinajstić information content (AvgIpc) is 3.20. The second kappa shape index (κ2) is 7.45. The number of rotatable bonds is 5. The molecule has 0 aliphatic heterocycles. The van der Waals surface area contributed by atoms with Crippen LogP contribution < -0.4 is 5.32 Å². The summed E-state index contributed by atoms with van der Waals surface area (Å²) in [5, 5.41) is 14.1. The Morgan fingerprint density at radius 3 is 2.70 bits per heavy atom. The number of ether oxygens (including phenoxy) is 1. The number of anilines is 1. The van der Waals surface area contributed by atoms with Crippen LogP contribution in [0.15, 0.2) is 30.3 Å². The van der Waals surface area contributed by atoms with Gasteiger partial charge in [0.15, 0.2) is 0 Å². The number of carbonyl (C=O) groups is 2. The molecule has 2 aromatic heterocycles. The predicted octanol–water partition coefficient (Wildman–Crippen LogP) is 2.86. The van der Waals surface area contributed by atoms with Crippen LogP contribution in [0.5, 0.6) is 0 Å². The standard InChI is InChI=1S/C19H21N5O3/c1-5-27-19(26)13-7-6-8-14(9-13)20-18(25)16-10-15(21-22-16)17-11(2)23-24(4)12(17)3/h6-10H,5H2,1-4H3,(H,20,25)(H,21,22). The molecule has 2 N–H and O–H groups in total. The number of benzene rings is 1. The summed E-state index contributed by atoms with van der Waals surface area (Å²) in [7, 11) is 1.86. The molecule has 3 aromatic rings. The number of nitrogens with one attached hydrogen (secondary N) is 2. The van der Waals surface area contributed by atoms with Crippen LogP contribution in [0.2, 0.25) is 0 Å². The van der Waals surface area contributed by atoms with Crippen molar-refractivity contribution in [2.24, 2.45) is 7.05 Å². The maximum absolute atomic E-state index is 12.5. The summed E-state index contributed by atoms with van der Waals surface area (Å²) in [6.45, 7) is 5.88. The largest absolute Gasteiger partial charge is 0.462 e. The van der Waals surface area contributed by atoms with Crippen molar-refractivity contribution in [3.8, 4) is 11.3 Å². The SMILES string of the molecule is CCOC(=O)c1cccc(NC(=O)c2cc(-c3c(C)nn(C)c3C)n[nH]2)c1. The van der Waals surface area contributed by atoms with Crippen LogP contribution in [0, 0.1) is 13.8 Å². The molecular formula is C19H21N5O3. The lowest BCUT2D eigenvalue weighted by Gasteiger charge is -2.06. The molecule has 0 aliphatic rings. The third-order valence-electron chi connectivity index (χ3n) is 4.22. The highest BCUT2D eigenvalue weighted by atomic mass is 16.5. The van der Waals surface area contributed by atoms with Gasteiger partial charge in [0.05, 0.1) is 23.6 Å². The van der Waals surface area contributed by atoms with Crippen molar-refractivity contribution in [2.45, 2.75) is 20.8 Å². The van der Waals surface area contributed by atoms with E-state index in [1.807, 2.05) is 20.9 Å². The molecule has 0 bridgehead atoms. The van der Waals surface area contributed by atoms with E-state index in [1.54, 1.807) is 41.9 Å². The highest BCUT2D eigenvalue weighted by Gasteiger charge is 2.17. The first-order valence-electron chi connectivity index (χ1n) is 8.55. The minimum atomic E-state index is -0.431. The Labute approximate surface area is 156 Å². The van der Waals surface area contributed by atoms with Crippen LogP contribution in [-0.2, 0) is 11.8 Å². The Hall–Kier alpha value is -3.42. The lowest BCUT2D eigenvalue weighted by molar-refractivity contribution is 0.0526. The highest BCUT2D eigenvalue weighted by molar-refractivity contribution is 6.04. The number of amides is 1. The zero-order chi connectivity index (χ0) is 19.6. The Kier molecular flexibility index (Phi) is 5.07. The molecular weight excluding hydrogens is 346 g/mol. The predicted molar refractivity (Wildman–Crippen MR) is 101 cm³/mol. The van der Waals surface area contributed by atoms with E-state index in [4.69, 9.17) is 4.74 Å². The van der Waals surface area contributed by atoms with E-state index in [9.17, 15) is 9.59 Å². The van der Waals surface area contributed by atoms with Crippen molar-refractivity contribution in [1.82, 2.24) is 20.0 Å². The van der Waals surface area contributed by atoms with Crippen molar-refractivity contribution >= 4 is 17.6 Å². The molecule has 0 unspecified atom stereocenters. The van der Waals surface area contributed by atoms with E-state index >= 15 is 0 Å². The van der Waals surface area contributed by atoms with Crippen molar-refractivity contribution < 1.29 is 14.3 Å². The van der Waals surface area contributed by atoms with Gasteiger partial charge in [-0.3, -0.25) is 14.6 Å². The molecule has 1 amide bonds. The first-order chi connectivity index (χ1) is 12.9. The summed E-state index contributed by atoms with van der Waals surface area (Å²) >= 11 is 0. The van der Waals surface area contributed by atoms with Gasteiger partial charge in [-0.1, -0.05) is 6.07 Å². The summed E-state index contributed by atoms with van der Waals surface area (Å²) in [5.41, 5.74) is 4.55. The second-order valence-corrected chi connectivity index (χ2v) is 6.09. The molecule has 0 spiro atoms. The summed E-state index contributed by atoms with van der Waals surface area (Å²) in [6.07, 6.45) is 0. The van der Waals surface area contributed by atoms with E-state index in [1.165, 1.54) is 0 Å². The number of aryl methyl sites for hydroxylation is 2. The zero-order valence-electron chi connectivity index (χ0n) is 15.7. The summed E-state index contributed by atoms with van der Waals surface area (Å²) < 4.78 is 6.75. The number of H-pyrrole nitrogens is 1. The van der Waals surface area contributed by atoms with Gasteiger partial charge in [-0.15, -0.1) is 0 Å². The van der Waals surface area contributed by atoms with Crippen molar-refractivity contribution in [3.63, 3.8) is 0 Å². The van der Waals surface area contributed by atoms with Gasteiger partial charge in [-0.2, -0.15) is 10.2 Å². The number of aromatic nitrogens is 4. The van der Waals surface area contributed by atoms with Gasteiger partial charge in [-0.05, 0) is 45.0 Å². The fourth-order valence-corrected chi connectivity index (χ4v) is 2.85. The van der Waals surface area contributed by atoms with Gasteiger partial charge in [-0.25, -0.2) is 4.79 Å². The lowest BCUT2D eigenvalue weighted by atomic mass is 10.1. The van der Waals surface area contributed by atoms with Crippen LogP contribution >= 0.6 is 0 Å². The molecule has 0 saturated heterocycles. The lowest BCUT2D eigenvalue weighted by Crippen LogP contribution is -2.13. The first-order valence-corrected chi connectivity index (χ1v) is 8.55. The topological polar surface area (TPSA) is 102 Å². The molecule has 0 radical (unpaired) electrons. The van der Waals surface area contributed by atoms with Crippen LogP contribution in [0.1, 0.15) is 39.2 Å². The molecule has 3 rings (SSSR count). The average molecular weight is 367 g/mol. The summed E-state index contributed by atoms with van der Waals surface area (Å²) in [5.74, 6) is -0.783. The Balaban J connectivity index is 1.79. The minimum Gasteiger partial charge on any atom is -0.462 e. The molecule has 140 valence electrons. The smallest absolute Gasteiger partial charge is 0.338 e. The number of esters is 1. The minimum absolute atomic E-state index is 0.291. The number of carbonyl (C=O) groups excluding carboxylic acids is 2. The fraction of sp³-hybridized carbons (Fsp3) is 0.263. The Morgan fingerprint density at radius 2 is 2.04 bits per heavy atom. The third-order valence-corrected chi connectivity index (χ3v) is 4.22. The Bertz CT molecular complexity index is 1000. The van der Waals surface area contributed by atoms with Crippen molar-refractivity contribution in [3.05, 3.63) is 53.0 Å². The fourth-order valence-electron chi connectivity index (χ4n) is 2.85. The van der Waals surface area contributed by atoms with E-state index in [0.717, 1.165) is 17.0 Å². The van der Waals surface area contributed by atoms with Gasteiger partial charge < -0.3 is 10.1 Å². The highest BCUT2D eigenvalue weighted by Crippen LogP contribution is 2.25. The summed E-state index contributed by atoms with van der Waals surface area (Å²) in [6, 6.07) is 8.27. The van der Waals surface area contributed by atoms with E-state index in [2.05, 4.69) is 20.6 Å². The molecule has 0 aliphatic carbocycles. The van der Waals surface area contributed by atoms with Gasteiger partial charge in [0, 0.05) is 24.0 Å². The molecule has 8 heteroatoms. The van der Waals surface area contributed by atoms with E-state index in [0.29, 0.717) is 29.2 Å². The quantitative estimate of drug-likeness (QED) is 0.675. The molecule has 0 atom stereocenters. The number of aromatic amines is 1. The monoisotopic (exact) mass is 367 g/mol. The Morgan fingerprint density at radius 1 is 1.26 bits per heavy atom. The van der Waals surface area contributed by atoms with Gasteiger partial charge in [0.2, 0.25) is 0 Å². The van der Waals surface area contributed by atoms with E-state index in [-0.39, 0.29) is 5.91 Å². The van der Waals surface area contributed by atoms with Gasteiger partial charge in [0.25, 0.3) is 5.91 Å². The molecule has 8 nitrogen and oxygen atoms in total. The third kappa shape index (κ3) is 3.74. The number of hydrogen-bond acceptors (Lipinski definition) is 5. The van der Waals surface area contributed by atoms with Gasteiger partial charge in [0.1, 0.15) is 5.69 Å². The molecule has 0 fully saturated rings. The maximum atomic E-state index is 12.5. The van der Waals surface area contributed by atoms with Crippen molar-refractivity contribution in [1.29, 1.82) is 0 Å². The van der Waals surface area contributed by atoms with E-state index < -0.39 is 5.97 Å². The molecule has 1 aromatic carbocycles. The molecule has 27 heavy (non-hydrogen) atoms. The number of hydrogen-bond donors (Lipinski definition) is 2. The van der Waals surface area contributed by atoms with Crippen LogP contribution in [0.4, 0.5) is 5.69 Å². The zero-order valence-corrected chi connectivity index (χ0v) is 15.7. The molecule has 0 saturated carbocycles. The maximum Gasteiger partial charge on any atom is 0.338 e. The molecule has 2 heterocycles. The van der Waals surface area contributed by atoms with Crippen LogP contribution in [-0.4, -0.2) is 38.5 Å². The number of nitrogens with zero attached hydrogens (tertiary/aromatic N) is 3. The second-order valence-electron chi connectivity index (χ2n) is 6.09. The normalized spacial score (nSPS) is 10.7. The first kappa shape index (κ1) is 18.4. The van der Waals surface area contributed by atoms with Gasteiger partial charge >= 0.3 is 5.97 Å². The van der Waals surface area contributed by atoms with Crippen molar-refractivity contribution in [2.75, 3.05) is 11.9 Å². The van der Waals surface area contributed by atoms with Crippen LogP contribution in [0.3, 0.4) is 0 Å². The van der Waals surface area contributed by atoms with Crippen LogP contribution in [0.25, 0.3) is 11.3 Å².